The Morgan fingerprint density at radius 3 is 2.64 bits per heavy atom. The molecular weight excluding hydrogens is 424 g/mol. The molecule has 9 heteroatoms. The first-order chi connectivity index (χ1) is 16.0. The maximum absolute atomic E-state index is 11.3. The number of ether oxygens (including phenoxy) is 3. The van der Waals surface area contributed by atoms with Crippen LogP contribution in [0.15, 0.2) is 59.3 Å². The molecule has 0 spiro atoms. The van der Waals surface area contributed by atoms with Gasteiger partial charge in [0.1, 0.15) is 18.1 Å². The van der Waals surface area contributed by atoms with Gasteiger partial charge in [-0.2, -0.15) is 0 Å². The number of oxazole rings is 1. The maximum Gasteiger partial charge on any atom is 0.308 e. The van der Waals surface area contributed by atoms with Gasteiger partial charge in [-0.3, -0.25) is 9.48 Å². The molecule has 0 amide bonds. The Labute approximate surface area is 191 Å². The molecule has 0 saturated heterocycles. The van der Waals surface area contributed by atoms with E-state index in [9.17, 15) is 4.79 Å². The van der Waals surface area contributed by atoms with Crippen molar-refractivity contribution in [3.05, 3.63) is 71.9 Å². The van der Waals surface area contributed by atoms with Crippen molar-refractivity contribution in [1.29, 1.82) is 0 Å². The zero-order valence-corrected chi connectivity index (χ0v) is 18.6. The molecule has 9 nitrogen and oxygen atoms in total. The van der Waals surface area contributed by atoms with Crippen LogP contribution in [-0.2, 0) is 17.9 Å². The molecule has 0 N–H and O–H groups in total. The highest BCUT2D eigenvalue weighted by molar-refractivity contribution is 5.69. The third kappa shape index (κ3) is 5.57. The summed E-state index contributed by atoms with van der Waals surface area (Å²) in [5.74, 6) is 1.87. The van der Waals surface area contributed by atoms with E-state index in [0.717, 1.165) is 16.8 Å². The molecule has 0 aliphatic rings. The first kappa shape index (κ1) is 22.1. The standard InChI is InChI=1S/C24H24N4O5/c1-4-30-24-21(33-17(3)29)14-28(27-24)13-18-10-11-22(25-12-18)31-15-20-16(2)32-23(26-20)19-8-6-5-7-9-19/h5-12,14H,4,13,15H2,1-3H3. The van der Waals surface area contributed by atoms with Crippen molar-refractivity contribution in [2.45, 2.75) is 33.9 Å². The first-order valence-corrected chi connectivity index (χ1v) is 10.5. The number of esters is 1. The Balaban J connectivity index is 1.38. The van der Waals surface area contributed by atoms with Crippen molar-refractivity contribution in [1.82, 2.24) is 19.7 Å². The fourth-order valence-corrected chi connectivity index (χ4v) is 3.11. The maximum atomic E-state index is 11.3. The average Bonchev–Trinajstić information content (AvgIpc) is 3.36. The van der Waals surface area contributed by atoms with Gasteiger partial charge in [0.15, 0.2) is 0 Å². The monoisotopic (exact) mass is 448 g/mol. The number of nitrogens with zero attached hydrogens (tertiary/aromatic N) is 4. The van der Waals surface area contributed by atoms with Crippen LogP contribution in [0, 0.1) is 6.92 Å². The predicted molar refractivity (Wildman–Crippen MR) is 119 cm³/mol. The van der Waals surface area contributed by atoms with Gasteiger partial charge in [0.05, 0.1) is 19.3 Å². The number of hydrogen-bond acceptors (Lipinski definition) is 8. The Morgan fingerprint density at radius 1 is 1.12 bits per heavy atom. The molecule has 170 valence electrons. The lowest BCUT2D eigenvalue weighted by atomic mass is 10.2. The average molecular weight is 448 g/mol. The Morgan fingerprint density at radius 2 is 1.94 bits per heavy atom. The molecule has 0 fully saturated rings. The van der Waals surface area contributed by atoms with Gasteiger partial charge in [-0.15, -0.1) is 5.10 Å². The van der Waals surface area contributed by atoms with Crippen molar-refractivity contribution >= 4 is 5.97 Å². The summed E-state index contributed by atoms with van der Waals surface area (Å²) in [6.45, 7) is 6.12. The summed E-state index contributed by atoms with van der Waals surface area (Å²) in [4.78, 5) is 20.2. The number of benzene rings is 1. The molecule has 1 aromatic carbocycles. The van der Waals surface area contributed by atoms with Crippen molar-refractivity contribution in [2.24, 2.45) is 0 Å². The summed E-state index contributed by atoms with van der Waals surface area (Å²) in [5, 5.41) is 4.32. The summed E-state index contributed by atoms with van der Waals surface area (Å²) >= 11 is 0. The lowest BCUT2D eigenvalue weighted by Gasteiger charge is -2.05. The van der Waals surface area contributed by atoms with Gasteiger partial charge in [-0.1, -0.05) is 24.3 Å². The van der Waals surface area contributed by atoms with E-state index in [-0.39, 0.29) is 18.2 Å². The Bertz CT molecular complexity index is 1220. The quantitative estimate of drug-likeness (QED) is 0.351. The molecule has 0 atom stereocenters. The molecule has 0 aliphatic heterocycles. The highest BCUT2D eigenvalue weighted by atomic mass is 16.6. The van der Waals surface area contributed by atoms with E-state index in [2.05, 4.69) is 15.1 Å². The normalized spacial score (nSPS) is 10.8. The summed E-state index contributed by atoms with van der Waals surface area (Å²) < 4.78 is 23.8. The zero-order valence-electron chi connectivity index (χ0n) is 18.6. The third-order valence-corrected chi connectivity index (χ3v) is 4.64. The summed E-state index contributed by atoms with van der Waals surface area (Å²) in [6.07, 6.45) is 3.32. The van der Waals surface area contributed by atoms with E-state index >= 15 is 0 Å². The minimum Gasteiger partial charge on any atom is -0.474 e. The number of hydrogen-bond donors (Lipinski definition) is 0. The lowest BCUT2D eigenvalue weighted by Crippen LogP contribution is -2.03. The number of rotatable bonds is 9. The SMILES string of the molecule is CCOc1nn(Cc2ccc(OCc3nc(-c4ccccc4)oc3C)nc2)cc1OC(C)=O. The van der Waals surface area contributed by atoms with Gasteiger partial charge in [0.2, 0.25) is 17.5 Å². The van der Waals surface area contributed by atoms with Crippen molar-refractivity contribution < 1.29 is 23.4 Å². The third-order valence-electron chi connectivity index (χ3n) is 4.64. The van der Waals surface area contributed by atoms with Crippen LogP contribution in [0.5, 0.6) is 17.5 Å². The molecule has 4 aromatic rings. The van der Waals surface area contributed by atoms with Crippen LogP contribution in [0.1, 0.15) is 30.9 Å². The van der Waals surface area contributed by atoms with Crippen LogP contribution in [-0.4, -0.2) is 32.3 Å². The van der Waals surface area contributed by atoms with Crippen molar-refractivity contribution in [3.8, 4) is 29.0 Å². The number of aryl methyl sites for hydroxylation is 1. The summed E-state index contributed by atoms with van der Waals surface area (Å²) in [7, 11) is 0. The zero-order chi connectivity index (χ0) is 23.2. The lowest BCUT2D eigenvalue weighted by molar-refractivity contribution is -0.132. The number of carbonyl (C=O) groups is 1. The van der Waals surface area contributed by atoms with Crippen molar-refractivity contribution in [3.63, 3.8) is 0 Å². The van der Waals surface area contributed by atoms with Gasteiger partial charge in [-0.05, 0) is 31.5 Å². The van der Waals surface area contributed by atoms with Gasteiger partial charge >= 0.3 is 5.97 Å². The second-order valence-corrected chi connectivity index (χ2v) is 7.20. The largest absolute Gasteiger partial charge is 0.474 e. The van der Waals surface area contributed by atoms with Gasteiger partial charge in [0, 0.05) is 24.8 Å². The number of aromatic nitrogens is 4. The van der Waals surface area contributed by atoms with E-state index in [1.807, 2.05) is 50.2 Å². The van der Waals surface area contributed by atoms with Gasteiger partial charge < -0.3 is 18.6 Å². The smallest absolute Gasteiger partial charge is 0.308 e. The second kappa shape index (κ2) is 9.99. The van der Waals surface area contributed by atoms with Crippen LogP contribution in [0.2, 0.25) is 0 Å². The molecule has 0 radical (unpaired) electrons. The second-order valence-electron chi connectivity index (χ2n) is 7.20. The fraction of sp³-hybridized carbons (Fsp3) is 0.250. The molecule has 0 unspecified atom stereocenters. The first-order valence-electron chi connectivity index (χ1n) is 10.5. The van der Waals surface area contributed by atoms with Gasteiger partial charge in [0.25, 0.3) is 5.88 Å². The minimum atomic E-state index is -0.433. The highest BCUT2D eigenvalue weighted by Gasteiger charge is 2.15. The minimum absolute atomic E-state index is 0.247. The van der Waals surface area contributed by atoms with Crippen LogP contribution in [0.3, 0.4) is 0 Å². The number of carbonyl (C=O) groups excluding carboxylic acids is 1. The van der Waals surface area contributed by atoms with Crippen LogP contribution in [0.4, 0.5) is 0 Å². The van der Waals surface area contributed by atoms with Crippen LogP contribution in [0.25, 0.3) is 11.5 Å². The topological polar surface area (TPSA) is 102 Å². The predicted octanol–water partition coefficient (Wildman–Crippen LogP) is 4.19. The fourth-order valence-electron chi connectivity index (χ4n) is 3.11. The Hall–Kier alpha value is -4.14. The molecule has 3 heterocycles. The molecule has 0 saturated carbocycles. The molecule has 33 heavy (non-hydrogen) atoms. The van der Waals surface area contributed by atoms with Gasteiger partial charge in [-0.25, -0.2) is 9.97 Å². The molecule has 3 aromatic heterocycles. The molecular formula is C24H24N4O5. The molecule has 4 rings (SSSR count). The summed E-state index contributed by atoms with van der Waals surface area (Å²) in [5.41, 5.74) is 2.53. The van der Waals surface area contributed by atoms with E-state index in [1.54, 1.807) is 23.1 Å². The van der Waals surface area contributed by atoms with Crippen molar-refractivity contribution in [2.75, 3.05) is 6.61 Å². The molecule has 0 aliphatic carbocycles. The van der Waals surface area contributed by atoms with E-state index < -0.39 is 5.97 Å². The molecule has 0 bridgehead atoms. The van der Waals surface area contributed by atoms with E-state index in [1.165, 1.54) is 6.92 Å². The van der Waals surface area contributed by atoms with E-state index in [4.69, 9.17) is 18.6 Å². The van der Waals surface area contributed by atoms with Crippen LogP contribution < -0.4 is 14.2 Å². The van der Waals surface area contributed by atoms with Crippen LogP contribution >= 0.6 is 0 Å². The summed E-state index contributed by atoms with van der Waals surface area (Å²) in [6, 6.07) is 13.4. The highest BCUT2D eigenvalue weighted by Crippen LogP contribution is 2.26. The van der Waals surface area contributed by atoms with E-state index in [0.29, 0.717) is 30.7 Å². The number of pyridine rings is 1. The Kier molecular flexibility index (Phi) is 6.68.